The quantitative estimate of drug-likeness (QED) is 0.794. The van der Waals surface area contributed by atoms with Crippen molar-refractivity contribution in [3.8, 4) is 0 Å². The fraction of sp³-hybridized carbons (Fsp3) is 0.333. The van der Waals surface area contributed by atoms with Gasteiger partial charge in [0.25, 0.3) is 0 Å². The molecule has 0 aliphatic carbocycles. The Hall–Kier alpha value is -1.04. The van der Waals surface area contributed by atoms with Crippen LogP contribution in [0, 0.1) is 0 Å². The Kier molecular flexibility index (Phi) is 3.31. The fourth-order valence-electron chi connectivity index (χ4n) is 2.68. The maximum atomic E-state index is 2.58. The molecule has 0 radical (unpaired) electrons. The van der Waals surface area contributed by atoms with Gasteiger partial charge in [0.2, 0.25) is 0 Å². The van der Waals surface area contributed by atoms with Gasteiger partial charge in [0.1, 0.15) is 0 Å². The molecule has 1 aliphatic heterocycles. The van der Waals surface area contributed by atoms with Crippen LogP contribution < -0.4 is 0 Å². The first-order valence-corrected chi connectivity index (χ1v) is 7.46. The van der Waals surface area contributed by atoms with Crippen molar-refractivity contribution in [1.29, 1.82) is 0 Å². The second kappa shape index (κ2) is 5.08. The zero-order valence-corrected chi connectivity index (χ0v) is 11.0. The number of hydrogen-bond acceptors (Lipinski definition) is 1. The smallest absolute Gasteiger partial charge is 0.0233 e. The highest BCUT2D eigenvalue weighted by atomic mass is 31.0. The van der Waals surface area contributed by atoms with Crippen molar-refractivity contribution in [2.45, 2.75) is 18.9 Å². The van der Waals surface area contributed by atoms with Crippen molar-refractivity contribution in [3.05, 3.63) is 59.1 Å². The van der Waals surface area contributed by atoms with E-state index in [4.69, 9.17) is 0 Å². The summed E-state index contributed by atoms with van der Waals surface area (Å²) in [6.07, 6.45) is 1.33. The minimum atomic E-state index is 0.782. The van der Waals surface area contributed by atoms with Gasteiger partial charge in [0, 0.05) is 13.1 Å². The molecule has 0 N–H and O–H groups in total. The molecule has 3 rings (SSSR count). The third-order valence-corrected chi connectivity index (χ3v) is 4.47. The molecular weight excluding hydrogens is 225 g/mol. The molecule has 2 unspecified atom stereocenters. The lowest BCUT2D eigenvalue weighted by atomic mass is 10.0. The highest BCUT2D eigenvalue weighted by Crippen LogP contribution is 2.30. The summed E-state index contributed by atoms with van der Waals surface area (Å²) in [6.45, 7) is 3.58. The molecule has 1 nitrogen and oxygen atoms in total. The number of nitrogens with zero attached hydrogens (tertiary/aromatic N) is 1. The molecule has 88 valence electrons. The third-order valence-electron chi connectivity index (χ3n) is 3.61. The third kappa shape index (κ3) is 2.62. The van der Waals surface area contributed by atoms with Crippen molar-refractivity contribution in [1.82, 2.24) is 4.90 Å². The summed E-state index contributed by atoms with van der Waals surface area (Å²) in [5, 5.41) is 0. The van der Waals surface area contributed by atoms with Gasteiger partial charge in [0.15, 0.2) is 0 Å². The average molecular weight is 243 g/mol. The van der Waals surface area contributed by atoms with E-state index in [1.807, 2.05) is 0 Å². The molecule has 0 saturated carbocycles. The van der Waals surface area contributed by atoms with Crippen molar-refractivity contribution in [2.75, 3.05) is 13.1 Å². The van der Waals surface area contributed by atoms with E-state index in [-0.39, 0.29) is 0 Å². The molecule has 1 aromatic carbocycles. The summed E-state index contributed by atoms with van der Waals surface area (Å²) in [5.74, 6) is 5.50. The summed E-state index contributed by atoms with van der Waals surface area (Å²) < 4.78 is 0. The van der Waals surface area contributed by atoms with E-state index < -0.39 is 0 Å². The SMILES string of the molecule is c1ccc(CN2CCC(c3cc[pH]c3)C2)cc1. The summed E-state index contributed by atoms with van der Waals surface area (Å²) in [7, 11) is 0.920. The topological polar surface area (TPSA) is 3.24 Å². The Bertz CT molecular complexity index is 449. The minimum Gasteiger partial charge on any atom is -0.298 e. The van der Waals surface area contributed by atoms with E-state index >= 15 is 0 Å². The molecule has 2 aromatic rings. The van der Waals surface area contributed by atoms with Crippen molar-refractivity contribution >= 4 is 8.19 Å². The molecule has 0 spiro atoms. The molecule has 1 saturated heterocycles. The first kappa shape index (κ1) is 11.1. The summed E-state index contributed by atoms with van der Waals surface area (Å²) in [4.78, 5) is 2.58. The van der Waals surface area contributed by atoms with Gasteiger partial charge in [-0.3, -0.25) is 4.90 Å². The molecule has 17 heavy (non-hydrogen) atoms. The van der Waals surface area contributed by atoms with E-state index in [0.29, 0.717) is 0 Å². The van der Waals surface area contributed by atoms with Gasteiger partial charge in [-0.15, -0.1) is 8.19 Å². The van der Waals surface area contributed by atoms with Crippen LogP contribution in [0.5, 0.6) is 0 Å². The van der Waals surface area contributed by atoms with Crippen LogP contribution in [-0.4, -0.2) is 18.0 Å². The molecule has 0 bridgehead atoms. The van der Waals surface area contributed by atoms with Crippen molar-refractivity contribution in [2.24, 2.45) is 0 Å². The molecular formula is C15H18NP. The van der Waals surface area contributed by atoms with Crippen LogP contribution in [-0.2, 0) is 6.54 Å². The Morgan fingerprint density at radius 3 is 2.82 bits per heavy atom. The van der Waals surface area contributed by atoms with Gasteiger partial charge < -0.3 is 0 Å². The predicted octanol–water partition coefficient (Wildman–Crippen LogP) is 3.71. The number of hydrogen-bond donors (Lipinski definition) is 0. The average Bonchev–Trinajstić information content (AvgIpc) is 3.00. The van der Waals surface area contributed by atoms with Crippen LogP contribution in [0.2, 0.25) is 0 Å². The first-order chi connectivity index (χ1) is 8.42. The lowest BCUT2D eigenvalue weighted by molar-refractivity contribution is 0.327. The molecule has 0 amide bonds. The van der Waals surface area contributed by atoms with E-state index in [9.17, 15) is 0 Å². The maximum absolute atomic E-state index is 2.58. The van der Waals surface area contributed by atoms with Gasteiger partial charge in [-0.1, -0.05) is 36.4 Å². The van der Waals surface area contributed by atoms with Gasteiger partial charge in [0.05, 0.1) is 0 Å². The van der Waals surface area contributed by atoms with Gasteiger partial charge >= 0.3 is 0 Å². The predicted molar refractivity (Wildman–Crippen MR) is 75.0 cm³/mol. The summed E-state index contributed by atoms with van der Waals surface area (Å²) in [6, 6.07) is 13.1. The van der Waals surface area contributed by atoms with Gasteiger partial charge in [-0.2, -0.15) is 0 Å². The lowest BCUT2D eigenvalue weighted by Crippen LogP contribution is -2.19. The van der Waals surface area contributed by atoms with Crippen LogP contribution in [0.4, 0.5) is 0 Å². The number of benzene rings is 1. The van der Waals surface area contributed by atoms with Crippen LogP contribution in [0.25, 0.3) is 0 Å². The molecule has 1 aliphatic rings. The highest BCUT2D eigenvalue weighted by molar-refractivity contribution is 7.28. The molecule has 2 heteroatoms. The maximum Gasteiger partial charge on any atom is 0.0233 e. The van der Waals surface area contributed by atoms with Gasteiger partial charge in [-0.25, -0.2) is 0 Å². The zero-order valence-electron chi connectivity index (χ0n) is 9.97. The Labute approximate surface area is 105 Å². The van der Waals surface area contributed by atoms with Crippen LogP contribution in [0.1, 0.15) is 23.5 Å². The monoisotopic (exact) mass is 243 g/mol. The zero-order chi connectivity index (χ0) is 11.5. The standard InChI is InChI=1S/C15H18NP/c1-2-4-13(5-3-1)10-16-8-6-14(11-16)15-7-9-17-12-15/h1-5,7,9,12,14,17H,6,8,10-11H2. The van der Waals surface area contributed by atoms with Crippen molar-refractivity contribution in [3.63, 3.8) is 0 Å². The van der Waals surface area contributed by atoms with Crippen molar-refractivity contribution < 1.29 is 0 Å². The van der Waals surface area contributed by atoms with Crippen LogP contribution in [0.3, 0.4) is 0 Å². The molecule has 1 fully saturated rings. The summed E-state index contributed by atoms with van der Waals surface area (Å²) >= 11 is 0. The number of rotatable bonds is 3. The van der Waals surface area contributed by atoms with E-state index in [1.54, 1.807) is 5.56 Å². The largest absolute Gasteiger partial charge is 0.298 e. The normalized spacial score (nSPS) is 21.3. The molecule has 1 aromatic heterocycles. The summed E-state index contributed by atoms with van der Waals surface area (Å²) in [5.41, 5.74) is 3.02. The Morgan fingerprint density at radius 1 is 1.18 bits per heavy atom. The fourth-order valence-corrected chi connectivity index (χ4v) is 3.59. The van der Waals surface area contributed by atoms with Crippen LogP contribution >= 0.6 is 8.19 Å². The van der Waals surface area contributed by atoms with E-state index in [0.717, 1.165) is 20.7 Å². The second-order valence-electron chi connectivity index (χ2n) is 4.85. The van der Waals surface area contributed by atoms with Gasteiger partial charge in [-0.05, 0) is 41.6 Å². The highest BCUT2D eigenvalue weighted by Gasteiger charge is 2.23. The second-order valence-corrected chi connectivity index (χ2v) is 5.81. The van der Waals surface area contributed by atoms with E-state index in [2.05, 4.69) is 52.9 Å². The lowest BCUT2D eigenvalue weighted by Gasteiger charge is -2.15. The number of likely N-dealkylation sites (tertiary alicyclic amines) is 1. The van der Waals surface area contributed by atoms with Crippen LogP contribution in [0.15, 0.2) is 48.0 Å². The Morgan fingerprint density at radius 2 is 2.06 bits per heavy atom. The molecule has 2 atom stereocenters. The molecule has 2 heterocycles. The van der Waals surface area contributed by atoms with E-state index in [1.165, 1.54) is 25.1 Å². The Balaban J connectivity index is 1.61. The first-order valence-electron chi connectivity index (χ1n) is 6.31. The minimum absolute atomic E-state index is 0.782.